The van der Waals surface area contributed by atoms with Crippen LogP contribution < -0.4 is 0 Å². The van der Waals surface area contributed by atoms with Crippen molar-refractivity contribution in [3.8, 4) is 0 Å². The van der Waals surface area contributed by atoms with Gasteiger partial charge in [-0.3, -0.25) is 4.79 Å². The third-order valence-electron chi connectivity index (χ3n) is 4.25. The highest BCUT2D eigenvalue weighted by atomic mass is 16.1. The molecule has 2 heteroatoms. The van der Waals surface area contributed by atoms with E-state index in [0.29, 0.717) is 5.56 Å². The fourth-order valence-corrected chi connectivity index (χ4v) is 2.98. The highest BCUT2D eigenvalue weighted by molar-refractivity contribution is 6.12. The molecule has 0 amide bonds. The number of carbonyl (C=O) groups excluding carboxylic acids is 1. The zero-order chi connectivity index (χ0) is 15.8. The van der Waals surface area contributed by atoms with Crippen LogP contribution in [-0.2, 0) is 0 Å². The second-order valence-corrected chi connectivity index (χ2v) is 5.68. The Morgan fingerprint density at radius 2 is 1.57 bits per heavy atom. The van der Waals surface area contributed by atoms with Crippen LogP contribution in [0.15, 0.2) is 72.8 Å². The van der Waals surface area contributed by atoms with E-state index in [0.717, 1.165) is 32.9 Å². The van der Waals surface area contributed by atoms with Crippen molar-refractivity contribution >= 4 is 27.6 Å². The molecular weight excluding hydrogens is 282 g/mol. The van der Waals surface area contributed by atoms with Crippen molar-refractivity contribution in [2.75, 3.05) is 0 Å². The van der Waals surface area contributed by atoms with Gasteiger partial charge in [-0.25, -0.2) is 4.98 Å². The van der Waals surface area contributed by atoms with E-state index in [1.54, 1.807) is 0 Å². The molecule has 0 saturated heterocycles. The van der Waals surface area contributed by atoms with Gasteiger partial charge >= 0.3 is 0 Å². The average molecular weight is 297 g/mol. The minimum absolute atomic E-state index is 0.0539. The van der Waals surface area contributed by atoms with Gasteiger partial charge in [-0.05, 0) is 36.8 Å². The minimum atomic E-state index is 0.0539. The Hall–Kier alpha value is -3.00. The van der Waals surface area contributed by atoms with Crippen LogP contribution in [0.25, 0.3) is 21.8 Å². The van der Waals surface area contributed by atoms with Crippen LogP contribution in [0, 0.1) is 6.92 Å². The maximum absolute atomic E-state index is 12.8. The van der Waals surface area contributed by atoms with Gasteiger partial charge in [0, 0.05) is 21.9 Å². The summed E-state index contributed by atoms with van der Waals surface area (Å²) in [6, 6.07) is 23.4. The predicted molar refractivity (Wildman–Crippen MR) is 93.9 cm³/mol. The standard InChI is InChI=1S/C21H15NO/c1-14-17(21(23)15-7-3-2-4-8-15)11-12-20-18(14)13-16-9-5-6-10-19(16)22-20/h2-13H,1H3. The predicted octanol–water partition coefficient (Wildman–Crippen LogP) is 4.93. The van der Waals surface area contributed by atoms with Gasteiger partial charge in [0.05, 0.1) is 11.0 Å². The van der Waals surface area contributed by atoms with Crippen LogP contribution in [0.3, 0.4) is 0 Å². The summed E-state index contributed by atoms with van der Waals surface area (Å²) in [4.78, 5) is 17.5. The first kappa shape index (κ1) is 13.6. The van der Waals surface area contributed by atoms with Crippen molar-refractivity contribution in [3.05, 3.63) is 89.5 Å². The number of rotatable bonds is 2. The second kappa shape index (κ2) is 5.33. The van der Waals surface area contributed by atoms with E-state index < -0.39 is 0 Å². The molecule has 0 aliphatic carbocycles. The topological polar surface area (TPSA) is 30.0 Å². The molecular formula is C21H15NO. The number of aromatic nitrogens is 1. The van der Waals surface area contributed by atoms with Crippen LogP contribution in [0.1, 0.15) is 21.5 Å². The Labute approximate surface area is 134 Å². The molecule has 0 radical (unpaired) electrons. The zero-order valence-corrected chi connectivity index (χ0v) is 12.8. The number of aryl methyl sites for hydroxylation is 1. The van der Waals surface area contributed by atoms with Crippen LogP contribution in [0.4, 0.5) is 0 Å². The molecule has 1 aromatic heterocycles. The molecule has 0 spiro atoms. The molecule has 110 valence electrons. The van der Waals surface area contributed by atoms with Gasteiger partial charge in [0.2, 0.25) is 0 Å². The van der Waals surface area contributed by atoms with Gasteiger partial charge in [-0.15, -0.1) is 0 Å². The molecule has 0 aliphatic heterocycles. The second-order valence-electron chi connectivity index (χ2n) is 5.68. The lowest BCUT2D eigenvalue weighted by Gasteiger charge is -2.09. The number of para-hydroxylation sites is 1. The number of carbonyl (C=O) groups is 1. The lowest BCUT2D eigenvalue weighted by Crippen LogP contribution is -2.04. The maximum Gasteiger partial charge on any atom is 0.193 e. The molecule has 0 bridgehead atoms. The fourth-order valence-electron chi connectivity index (χ4n) is 2.98. The van der Waals surface area contributed by atoms with Gasteiger partial charge < -0.3 is 0 Å². The molecule has 1 heterocycles. The van der Waals surface area contributed by atoms with E-state index in [1.807, 2.05) is 73.7 Å². The van der Waals surface area contributed by atoms with Crippen molar-refractivity contribution in [1.82, 2.24) is 4.98 Å². The molecule has 4 rings (SSSR count). The Morgan fingerprint density at radius 1 is 0.826 bits per heavy atom. The number of nitrogens with zero attached hydrogens (tertiary/aromatic N) is 1. The number of hydrogen-bond acceptors (Lipinski definition) is 2. The molecule has 0 fully saturated rings. The van der Waals surface area contributed by atoms with Gasteiger partial charge in [-0.2, -0.15) is 0 Å². The van der Waals surface area contributed by atoms with Crippen molar-refractivity contribution in [3.63, 3.8) is 0 Å². The minimum Gasteiger partial charge on any atom is -0.289 e. The smallest absolute Gasteiger partial charge is 0.193 e. The Bertz CT molecular complexity index is 1040. The summed E-state index contributed by atoms with van der Waals surface area (Å²) < 4.78 is 0. The number of hydrogen-bond donors (Lipinski definition) is 0. The van der Waals surface area contributed by atoms with Crippen LogP contribution in [0.2, 0.25) is 0 Å². The maximum atomic E-state index is 12.8. The summed E-state index contributed by atoms with van der Waals surface area (Å²) in [7, 11) is 0. The first-order valence-electron chi connectivity index (χ1n) is 7.63. The first-order valence-corrected chi connectivity index (χ1v) is 7.63. The van der Waals surface area contributed by atoms with Crippen molar-refractivity contribution in [2.45, 2.75) is 6.92 Å². The molecule has 0 saturated carbocycles. The molecule has 0 atom stereocenters. The normalized spacial score (nSPS) is 11.0. The van der Waals surface area contributed by atoms with Crippen LogP contribution in [-0.4, -0.2) is 10.8 Å². The number of pyridine rings is 1. The summed E-state index contributed by atoms with van der Waals surface area (Å²) in [6.45, 7) is 2.00. The fraction of sp³-hybridized carbons (Fsp3) is 0.0476. The Balaban J connectivity index is 1.94. The summed E-state index contributed by atoms with van der Waals surface area (Å²) in [6.07, 6.45) is 0. The summed E-state index contributed by atoms with van der Waals surface area (Å²) in [5.74, 6) is 0.0539. The van der Waals surface area contributed by atoms with Crippen molar-refractivity contribution in [2.24, 2.45) is 0 Å². The quantitative estimate of drug-likeness (QED) is 0.388. The van der Waals surface area contributed by atoms with Gasteiger partial charge in [0.1, 0.15) is 0 Å². The molecule has 3 aromatic carbocycles. The van der Waals surface area contributed by atoms with E-state index in [-0.39, 0.29) is 5.78 Å². The monoisotopic (exact) mass is 297 g/mol. The van der Waals surface area contributed by atoms with Crippen molar-refractivity contribution < 1.29 is 4.79 Å². The Morgan fingerprint density at radius 3 is 2.39 bits per heavy atom. The van der Waals surface area contributed by atoms with Crippen molar-refractivity contribution in [1.29, 1.82) is 0 Å². The molecule has 0 unspecified atom stereocenters. The third kappa shape index (κ3) is 2.29. The SMILES string of the molecule is Cc1c(C(=O)c2ccccc2)ccc2nc3ccccc3cc12. The highest BCUT2D eigenvalue weighted by Crippen LogP contribution is 2.26. The number of fused-ring (bicyclic) bond motifs is 2. The molecule has 2 nitrogen and oxygen atoms in total. The van der Waals surface area contributed by atoms with Crippen LogP contribution in [0.5, 0.6) is 0 Å². The van der Waals surface area contributed by atoms with E-state index >= 15 is 0 Å². The third-order valence-corrected chi connectivity index (χ3v) is 4.25. The van der Waals surface area contributed by atoms with E-state index in [4.69, 9.17) is 4.98 Å². The first-order chi connectivity index (χ1) is 11.2. The average Bonchev–Trinajstić information content (AvgIpc) is 2.61. The van der Waals surface area contributed by atoms with E-state index in [2.05, 4.69) is 6.07 Å². The molecule has 23 heavy (non-hydrogen) atoms. The molecule has 0 N–H and O–H groups in total. The van der Waals surface area contributed by atoms with E-state index in [1.165, 1.54) is 0 Å². The highest BCUT2D eigenvalue weighted by Gasteiger charge is 2.14. The molecule has 4 aromatic rings. The largest absolute Gasteiger partial charge is 0.289 e. The van der Waals surface area contributed by atoms with Gasteiger partial charge in [0.15, 0.2) is 5.78 Å². The summed E-state index contributed by atoms with van der Waals surface area (Å²) >= 11 is 0. The number of benzene rings is 3. The lowest BCUT2D eigenvalue weighted by molar-refractivity contribution is 0.103. The summed E-state index contributed by atoms with van der Waals surface area (Å²) in [5.41, 5.74) is 4.33. The van der Waals surface area contributed by atoms with Gasteiger partial charge in [0.25, 0.3) is 0 Å². The zero-order valence-electron chi connectivity index (χ0n) is 12.8. The van der Waals surface area contributed by atoms with E-state index in [9.17, 15) is 4.79 Å². The number of ketones is 1. The van der Waals surface area contributed by atoms with Gasteiger partial charge in [-0.1, -0.05) is 48.5 Å². The summed E-state index contributed by atoms with van der Waals surface area (Å²) in [5, 5.41) is 2.12. The van der Waals surface area contributed by atoms with Crippen LogP contribution >= 0.6 is 0 Å². The Kier molecular flexibility index (Phi) is 3.16. The lowest BCUT2D eigenvalue weighted by atomic mass is 9.95. The molecule has 0 aliphatic rings.